The molecule has 1 heterocycles. The molecule has 2 unspecified atom stereocenters. The Labute approximate surface area is 93.7 Å². The van der Waals surface area contributed by atoms with Crippen molar-refractivity contribution in [3.8, 4) is 0 Å². The molecule has 0 saturated heterocycles. The molecule has 0 aliphatic carbocycles. The smallest absolute Gasteiger partial charge is 0.307 e. The van der Waals surface area contributed by atoms with Crippen molar-refractivity contribution in [3.05, 3.63) is 18.5 Å². The van der Waals surface area contributed by atoms with E-state index in [9.17, 15) is 13.2 Å². The molecule has 1 aromatic heterocycles. The Bertz CT molecular complexity index is 452. The molecule has 0 radical (unpaired) electrons. The van der Waals surface area contributed by atoms with E-state index in [-0.39, 0.29) is 4.90 Å². The summed E-state index contributed by atoms with van der Waals surface area (Å²) in [6.07, 6.45) is 2.82. The number of aromatic nitrogens is 1. The lowest BCUT2D eigenvalue weighted by Crippen LogP contribution is -2.39. The Kier molecular flexibility index (Phi) is 3.71. The quantitative estimate of drug-likeness (QED) is 0.700. The van der Waals surface area contributed by atoms with Gasteiger partial charge in [-0.05, 0) is 13.0 Å². The van der Waals surface area contributed by atoms with Crippen LogP contribution in [0, 0.1) is 5.92 Å². The van der Waals surface area contributed by atoms with Gasteiger partial charge in [0.1, 0.15) is 0 Å². The molecule has 0 bridgehead atoms. The average Bonchev–Trinajstić information content (AvgIpc) is 2.68. The number of sulfonamides is 1. The third-order valence-electron chi connectivity index (χ3n) is 2.36. The van der Waals surface area contributed by atoms with Gasteiger partial charge in [0.2, 0.25) is 10.0 Å². The molecule has 0 aliphatic rings. The Morgan fingerprint density at radius 1 is 1.50 bits per heavy atom. The zero-order valence-electron chi connectivity index (χ0n) is 8.97. The number of nitrogens with one attached hydrogen (secondary N) is 2. The van der Waals surface area contributed by atoms with Crippen LogP contribution < -0.4 is 4.72 Å². The van der Waals surface area contributed by atoms with Crippen LogP contribution in [0.25, 0.3) is 0 Å². The molecule has 0 amide bonds. The van der Waals surface area contributed by atoms with Gasteiger partial charge >= 0.3 is 5.97 Å². The van der Waals surface area contributed by atoms with Gasteiger partial charge in [-0.3, -0.25) is 4.79 Å². The van der Waals surface area contributed by atoms with Gasteiger partial charge in [0.05, 0.1) is 10.8 Å². The molecule has 0 aromatic carbocycles. The molecular formula is C9H14N2O4S. The predicted molar refractivity (Wildman–Crippen MR) is 57.4 cm³/mol. The van der Waals surface area contributed by atoms with Crippen LogP contribution >= 0.6 is 0 Å². The average molecular weight is 246 g/mol. The molecule has 1 aromatic rings. The highest BCUT2D eigenvalue weighted by Crippen LogP contribution is 2.10. The van der Waals surface area contributed by atoms with Crippen molar-refractivity contribution >= 4 is 16.0 Å². The maximum Gasteiger partial charge on any atom is 0.307 e. The van der Waals surface area contributed by atoms with Crippen molar-refractivity contribution in [2.24, 2.45) is 5.92 Å². The number of carboxylic acids is 1. The van der Waals surface area contributed by atoms with E-state index >= 15 is 0 Å². The topological polar surface area (TPSA) is 99.3 Å². The van der Waals surface area contributed by atoms with E-state index in [2.05, 4.69) is 9.71 Å². The van der Waals surface area contributed by atoms with Crippen LogP contribution in [0.1, 0.15) is 13.8 Å². The maximum atomic E-state index is 11.7. The largest absolute Gasteiger partial charge is 0.481 e. The van der Waals surface area contributed by atoms with Gasteiger partial charge in [0, 0.05) is 18.4 Å². The van der Waals surface area contributed by atoms with Crippen LogP contribution in [0.15, 0.2) is 23.4 Å². The van der Waals surface area contributed by atoms with Crippen LogP contribution in [0.3, 0.4) is 0 Å². The molecule has 6 nitrogen and oxygen atoms in total. The minimum atomic E-state index is -3.64. The summed E-state index contributed by atoms with van der Waals surface area (Å²) in [5.41, 5.74) is 0. The summed E-state index contributed by atoms with van der Waals surface area (Å²) in [6, 6.07) is 0.734. The highest BCUT2D eigenvalue weighted by Gasteiger charge is 2.25. The first-order valence-corrected chi connectivity index (χ1v) is 6.21. The highest BCUT2D eigenvalue weighted by atomic mass is 32.2. The Morgan fingerprint density at radius 2 is 2.12 bits per heavy atom. The molecule has 90 valence electrons. The van der Waals surface area contributed by atoms with Crippen molar-refractivity contribution in [1.29, 1.82) is 0 Å². The number of carbonyl (C=O) groups is 1. The van der Waals surface area contributed by atoms with Gasteiger partial charge in [-0.1, -0.05) is 6.92 Å². The zero-order valence-corrected chi connectivity index (χ0v) is 9.78. The molecule has 0 spiro atoms. The summed E-state index contributed by atoms with van der Waals surface area (Å²) in [4.78, 5) is 13.4. The van der Waals surface area contributed by atoms with E-state index in [4.69, 9.17) is 5.11 Å². The second-order valence-electron chi connectivity index (χ2n) is 3.58. The molecule has 1 rings (SSSR count). The molecule has 0 saturated carbocycles. The SMILES string of the molecule is CC(NS(=O)(=O)c1cc[nH]c1)C(C)C(=O)O. The number of aromatic amines is 1. The molecule has 7 heteroatoms. The van der Waals surface area contributed by atoms with Crippen molar-refractivity contribution in [3.63, 3.8) is 0 Å². The minimum absolute atomic E-state index is 0.0944. The fourth-order valence-corrected chi connectivity index (χ4v) is 2.40. The highest BCUT2D eigenvalue weighted by molar-refractivity contribution is 7.89. The number of hydrogen-bond donors (Lipinski definition) is 3. The molecule has 16 heavy (non-hydrogen) atoms. The van der Waals surface area contributed by atoms with Crippen LogP contribution in [0.2, 0.25) is 0 Å². The number of rotatable bonds is 5. The van der Waals surface area contributed by atoms with Crippen molar-refractivity contribution in [2.75, 3.05) is 0 Å². The van der Waals surface area contributed by atoms with Gasteiger partial charge in [-0.2, -0.15) is 0 Å². The summed E-state index contributed by atoms with van der Waals surface area (Å²) < 4.78 is 25.7. The molecule has 0 fully saturated rings. The summed E-state index contributed by atoms with van der Waals surface area (Å²) >= 11 is 0. The monoisotopic (exact) mass is 246 g/mol. The van der Waals surface area contributed by atoms with Crippen molar-refractivity contribution in [2.45, 2.75) is 24.8 Å². The first kappa shape index (κ1) is 12.7. The minimum Gasteiger partial charge on any atom is -0.481 e. The van der Waals surface area contributed by atoms with Crippen LogP contribution in [0.4, 0.5) is 0 Å². The number of hydrogen-bond acceptors (Lipinski definition) is 3. The number of H-pyrrole nitrogens is 1. The van der Waals surface area contributed by atoms with Crippen molar-refractivity contribution < 1.29 is 18.3 Å². The second-order valence-corrected chi connectivity index (χ2v) is 5.30. The van der Waals surface area contributed by atoms with Crippen LogP contribution in [0.5, 0.6) is 0 Å². The third kappa shape index (κ3) is 2.83. The van der Waals surface area contributed by atoms with Gasteiger partial charge in [-0.15, -0.1) is 0 Å². The first-order chi connectivity index (χ1) is 7.34. The fraction of sp³-hybridized carbons (Fsp3) is 0.444. The van der Waals surface area contributed by atoms with E-state index in [1.165, 1.54) is 32.3 Å². The van der Waals surface area contributed by atoms with E-state index in [1.807, 2.05) is 0 Å². The third-order valence-corrected chi connectivity index (χ3v) is 3.92. The van der Waals surface area contributed by atoms with Gasteiger partial charge in [-0.25, -0.2) is 13.1 Å². The fourth-order valence-electron chi connectivity index (χ4n) is 1.10. The van der Waals surface area contributed by atoms with E-state index in [1.54, 1.807) is 0 Å². The summed E-state index contributed by atoms with van der Waals surface area (Å²) in [7, 11) is -3.64. The first-order valence-electron chi connectivity index (χ1n) is 4.72. The van der Waals surface area contributed by atoms with E-state index in [0.29, 0.717) is 0 Å². The maximum absolute atomic E-state index is 11.7. The Hall–Kier alpha value is -1.34. The Morgan fingerprint density at radius 3 is 2.56 bits per heavy atom. The zero-order chi connectivity index (χ0) is 12.3. The summed E-state index contributed by atoms with van der Waals surface area (Å²) in [6.45, 7) is 2.97. The van der Waals surface area contributed by atoms with Gasteiger partial charge in [0.15, 0.2) is 0 Å². The number of carboxylic acid groups (broad SMARTS) is 1. The summed E-state index contributed by atoms with van der Waals surface area (Å²) in [5, 5.41) is 8.74. The molecular weight excluding hydrogens is 232 g/mol. The van der Waals surface area contributed by atoms with Gasteiger partial charge in [0.25, 0.3) is 0 Å². The molecule has 2 atom stereocenters. The van der Waals surface area contributed by atoms with Gasteiger partial charge < -0.3 is 10.1 Å². The predicted octanol–water partition coefficient (Wildman–Crippen LogP) is 0.402. The van der Waals surface area contributed by atoms with Crippen LogP contribution in [-0.4, -0.2) is 30.5 Å². The van der Waals surface area contributed by atoms with Crippen molar-refractivity contribution in [1.82, 2.24) is 9.71 Å². The lowest BCUT2D eigenvalue weighted by Gasteiger charge is -2.17. The second kappa shape index (κ2) is 4.67. The summed E-state index contributed by atoms with van der Waals surface area (Å²) in [5.74, 6) is -1.82. The standard InChI is InChI=1S/C9H14N2O4S/c1-6(9(12)13)7(2)11-16(14,15)8-3-4-10-5-8/h3-7,10-11H,1-2H3,(H,12,13). The van der Waals surface area contributed by atoms with E-state index < -0.39 is 28.0 Å². The lowest BCUT2D eigenvalue weighted by atomic mass is 10.1. The lowest BCUT2D eigenvalue weighted by molar-refractivity contribution is -0.141. The Balaban J connectivity index is 2.78. The van der Waals surface area contributed by atoms with Crippen LogP contribution in [-0.2, 0) is 14.8 Å². The molecule has 0 aliphatic heterocycles. The number of aliphatic carboxylic acids is 1. The normalized spacial score (nSPS) is 15.6. The van der Waals surface area contributed by atoms with E-state index in [0.717, 1.165) is 0 Å². The molecule has 3 N–H and O–H groups in total.